The lowest BCUT2D eigenvalue weighted by Crippen LogP contribution is -2.42. The van der Waals surface area contributed by atoms with Crippen LogP contribution in [-0.2, 0) is 10.0 Å². The molecule has 2 rings (SSSR count). The molecule has 8 nitrogen and oxygen atoms in total. The van der Waals surface area contributed by atoms with Crippen LogP contribution in [0.25, 0.3) is 10.9 Å². The van der Waals surface area contributed by atoms with Gasteiger partial charge in [0.2, 0.25) is 10.0 Å². The summed E-state index contributed by atoms with van der Waals surface area (Å²) in [4.78, 5) is 29.8. The summed E-state index contributed by atoms with van der Waals surface area (Å²) in [7, 11) is -3.75. The summed E-state index contributed by atoms with van der Waals surface area (Å²) in [5.41, 5.74) is -0.964. The third-order valence-corrected chi connectivity index (χ3v) is 5.47. The number of benzene rings is 1. The van der Waals surface area contributed by atoms with Crippen molar-refractivity contribution < 1.29 is 8.42 Å². The molecule has 3 N–H and O–H groups in total. The average Bonchev–Trinajstić information content (AvgIpc) is 2.50. The number of hydrogen-bond acceptors (Lipinski definition) is 5. The van der Waals surface area contributed by atoms with Gasteiger partial charge in [-0.05, 0) is 45.9 Å². The zero-order chi connectivity index (χ0) is 18.8. The number of aromatic amines is 2. The van der Waals surface area contributed by atoms with Gasteiger partial charge in [0, 0.05) is 25.2 Å². The number of H-pyrrole nitrogens is 2. The molecule has 1 aromatic carbocycles. The van der Waals surface area contributed by atoms with E-state index in [9.17, 15) is 18.0 Å². The minimum atomic E-state index is -3.75. The number of aromatic nitrogens is 2. The van der Waals surface area contributed by atoms with Crippen molar-refractivity contribution in [2.45, 2.75) is 44.7 Å². The fourth-order valence-corrected chi connectivity index (χ4v) is 3.86. The second kappa shape index (κ2) is 7.51. The Bertz CT molecular complexity index is 952. The van der Waals surface area contributed by atoms with Crippen LogP contribution in [0.5, 0.6) is 0 Å². The molecule has 2 aromatic rings. The monoisotopic (exact) mass is 368 g/mol. The van der Waals surface area contributed by atoms with Crippen molar-refractivity contribution in [2.75, 3.05) is 13.1 Å². The minimum Gasteiger partial charge on any atom is -0.307 e. The van der Waals surface area contributed by atoms with Gasteiger partial charge in [-0.1, -0.05) is 0 Å². The molecular formula is C16H24N4O4S. The minimum absolute atomic E-state index is 0.0156. The van der Waals surface area contributed by atoms with Gasteiger partial charge in [-0.3, -0.25) is 14.7 Å². The Morgan fingerprint density at radius 2 is 1.72 bits per heavy atom. The maximum Gasteiger partial charge on any atom is 0.326 e. The molecule has 0 fully saturated rings. The van der Waals surface area contributed by atoms with E-state index < -0.39 is 21.3 Å². The number of hydrogen-bond donors (Lipinski definition) is 3. The van der Waals surface area contributed by atoms with Crippen LogP contribution in [-0.4, -0.2) is 48.5 Å². The first kappa shape index (κ1) is 19.4. The Hall–Kier alpha value is -1.97. The molecular weight excluding hydrogens is 344 g/mol. The summed E-state index contributed by atoms with van der Waals surface area (Å²) in [5, 5.41) is 0.119. The molecule has 0 amide bonds. The van der Waals surface area contributed by atoms with Gasteiger partial charge in [-0.15, -0.1) is 0 Å². The van der Waals surface area contributed by atoms with Gasteiger partial charge < -0.3 is 4.98 Å². The Kier molecular flexibility index (Phi) is 5.81. The first-order valence-corrected chi connectivity index (χ1v) is 9.62. The Morgan fingerprint density at radius 3 is 2.32 bits per heavy atom. The van der Waals surface area contributed by atoms with E-state index in [2.05, 4.69) is 47.3 Å². The summed E-state index contributed by atoms with van der Waals surface area (Å²) in [6.07, 6.45) is 0. The fraction of sp³-hybridized carbons (Fsp3) is 0.500. The van der Waals surface area contributed by atoms with Crippen molar-refractivity contribution in [1.29, 1.82) is 0 Å². The number of rotatable bonds is 7. The second-order valence-electron chi connectivity index (χ2n) is 6.44. The highest BCUT2D eigenvalue weighted by molar-refractivity contribution is 7.89. The molecule has 1 aromatic heterocycles. The van der Waals surface area contributed by atoms with Crippen LogP contribution in [0.1, 0.15) is 27.7 Å². The van der Waals surface area contributed by atoms with Crippen LogP contribution in [0.3, 0.4) is 0 Å². The van der Waals surface area contributed by atoms with Gasteiger partial charge in [0.15, 0.2) is 0 Å². The van der Waals surface area contributed by atoms with Gasteiger partial charge in [-0.25, -0.2) is 17.9 Å². The fourth-order valence-electron chi connectivity index (χ4n) is 2.82. The Morgan fingerprint density at radius 1 is 1.08 bits per heavy atom. The van der Waals surface area contributed by atoms with Gasteiger partial charge in [-0.2, -0.15) is 0 Å². The Balaban J connectivity index is 2.21. The molecule has 1 heterocycles. The maximum absolute atomic E-state index is 12.5. The van der Waals surface area contributed by atoms with Gasteiger partial charge in [0.05, 0.1) is 15.8 Å². The molecule has 0 radical (unpaired) electrons. The molecule has 25 heavy (non-hydrogen) atoms. The van der Waals surface area contributed by atoms with Crippen LogP contribution in [0.4, 0.5) is 0 Å². The molecule has 0 saturated heterocycles. The highest BCUT2D eigenvalue weighted by atomic mass is 32.2. The van der Waals surface area contributed by atoms with Crippen molar-refractivity contribution in [1.82, 2.24) is 19.6 Å². The van der Waals surface area contributed by atoms with Gasteiger partial charge in [0.25, 0.3) is 5.56 Å². The van der Waals surface area contributed by atoms with Crippen molar-refractivity contribution in [3.8, 4) is 0 Å². The molecule has 0 aliphatic carbocycles. The smallest absolute Gasteiger partial charge is 0.307 e. The Labute approximate surface area is 146 Å². The second-order valence-corrected chi connectivity index (χ2v) is 8.21. The lowest BCUT2D eigenvalue weighted by atomic mass is 10.2. The van der Waals surface area contributed by atoms with Crippen LogP contribution >= 0.6 is 0 Å². The van der Waals surface area contributed by atoms with Crippen molar-refractivity contribution in [3.05, 3.63) is 39.0 Å². The third kappa shape index (κ3) is 4.56. The van der Waals surface area contributed by atoms with E-state index in [1.54, 1.807) is 0 Å². The van der Waals surface area contributed by atoms with Crippen molar-refractivity contribution >= 4 is 20.9 Å². The summed E-state index contributed by atoms with van der Waals surface area (Å²) < 4.78 is 27.5. The van der Waals surface area contributed by atoms with E-state index in [-0.39, 0.29) is 16.8 Å². The lowest BCUT2D eigenvalue weighted by Gasteiger charge is -2.30. The van der Waals surface area contributed by atoms with E-state index >= 15 is 0 Å². The van der Waals surface area contributed by atoms with Gasteiger partial charge >= 0.3 is 5.69 Å². The van der Waals surface area contributed by atoms with Crippen LogP contribution in [0, 0.1) is 0 Å². The first-order valence-electron chi connectivity index (χ1n) is 8.13. The topological polar surface area (TPSA) is 115 Å². The molecule has 0 unspecified atom stereocenters. The summed E-state index contributed by atoms with van der Waals surface area (Å²) in [5.74, 6) is 0. The molecule has 0 saturated carbocycles. The van der Waals surface area contributed by atoms with Crippen LogP contribution in [0.2, 0.25) is 0 Å². The lowest BCUT2D eigenvalue weighted by molar-refractivity contribution is 0.179. The number of sulfonamides is 1. The summed E-state index contributed by atoms with van der Waals surface area (Å²) in [6, 6.07) is 4.65. The van der Waals surface area contributed by atoms with E-state index in [1.165, 1.54) is 18.2 Å². The summed E-state index contributed by atoms with van der Waals surface area (Å²) >= 11 is 0. The molecule has 0 atom stereocenters. The third-order valence-electron chi connectivity index (χ3n) is 4.01. The predicted octanol–water partition coefficient (Wildman–Crippen LogP) is 0.613. The van der Waals surface area contributed by atoms with E-state index in [0.717, 1.165) is 0 Å². The molecule has 138 valence electrons. The van der Waals surface area contributed by atoms with Crippen molar-refractivity contribution in [3.63, 3.8) is 0 Å². The highest BCUT2D eigenvalue weighted by Gasteiger charge is 2.18. The van der Waals surface area contributed by atoms with E-state index in [0.29, 0.717) is 24.1 Å². The molecule has 0 aliphatic heterocycles. The molecule has 0 spiro atoms. The zero-order valence-corrected chi connectivity index (χ0v) is 15.6. The molecule has 0 bridgehead atoms. The van der Waals surface area contributed by atoms with E-state index in [4.69, 9.17) is 0 Å². The highest BCUT2D eigenvalue weighted by Crippen LogP contribution is 2.14. The standard InChI is InChI=1S/C16H24N4O4S/c1-10(2)20(11(3)4)8-7-17-25(23,24)12-5-6-14-13(9-12)15(21)19-16(22)18-14/h5-6,9-11,17H,7-8H2,1-4H3,(H2,18,19,21,22). The molecule has 0 aliphatic rings. The predicted molar refractivity (Wildman–Crippen MR) is 97.4 cm³/mol. The number of fused-ring (bicyclic) bond motifs is 1. The largest absolute Gasteiger partial charge is 0.326 e. The maximum atomic E-state index is 12.5. The molecule has 9 heteroatoms. The normalized spacial score (nSPS) is 12.6. The SMILES string of the molecule is CC(C)N(CCNS(=O)(=O)c1ccc2[nH]c(=O)[nH]c(=O)c2c1)C(C)C. The first-order chi connectivity index (χ1) is 11.6. The summed E-state index contributed by atoms with van der Waals surface area (Å²) in [6.45, 7) is 9.08. The quantitative estimate of drug-likeness (QED) is 0.662. The van der Waals surface area contributed by atoms with Gasteiger partial charge in [0.1, 0.15) is 0 Å². The van der Waals surface area contributed by atoms with Crippen LogP contribution in [0.15, 0.2) is 32.7 Å². The van der Waals surface area contributed by atoms with E-state index in [1.807, 2.05) is 0 Å². The van der Waals surface area contributed by atoms with Crippen LogP contribution < -0.4 is 16.0 Å². The average molecular weight is 368 g/mol. The number of nitrogens with one attached hydrogen (secondary N) is 3. The van der Waals surface area contributed by atoms with Crippen molar-refractivity contribution in [2.24, 2.45) is 0 Å². The number of nitrogens with zero attached hydrogens (tertiary/aromatic N) is 1. The zero-order valence-electron chi connectivity index (χ0n) is 14.8.